The molecule has 2 aromatic rings. The lowest BCUT2D eigenvalue weighted by Gasteiger charge is -2.00. The molecule has 0 amide bonds. The Morgan fingerprint density at radius 1 is 1.17 bits per heavy atom. The third-order valence-electron chi connectivity index (χ3n) is 1.84. The third kappa shape index (κ3) is 1.05. The molecule has 0 atom stereocenters. The van der Waals surface area contributed by atoms with Gasteiger partial charge in [0.15, 0.2) is 0 Å². The molecule has 0 saturated carbocycles. The van der Waals surface area contributed by atoms with Crippen LogP contribution in [0.1, 0.15) is 11.5 Å². The Bertz CT molecular complexity index is 421. The zero-order chi connectivity index (χ0) is 8.55. The Balaban J connectivity index is 2.89. The lowest BCUT2D eigenvalue weighted by atomic mass is 10.2. The van der Waals surface area contributed by atoms with Gasteiger partial charge < -0.3 is 0 Å². The van der Waals surface area contributed by atoms with E-state index in [1.165, 1.54) is 0 Å². The van der Waals surface area contributed by atoms with Crippen molar-refractivity contribution in [3.05, 3.63) is 42.7 Å². The second kappa shape index (κ2) is 2.55. The van der Waals surface area contributed by atoms with Crippen LogP contribution in [0.3, 0.4) is 0 Å². The molecule has 2 nitrogen and oxygen atoms in total. The van der Waals surface area contributed by atoms with Crippen molar-refractivity contribution >= 4 is 10.9 Å². The van der Waals surface area contributed by atoms with E-state index in [2.05, 4.69) is 16.9 Å². The van der Waals surface area contributed by atoms with Gasteiger partial charge >= 0.3 is 0 Å². The highest BCUT2D eigenvalue weighted by Gasteiger charge is 1.98. The summed E-state index contributed by atoms with van der Waals surface area (Å²) in [5.41, 5.74) is 1.96. The molecule has 0 aliphatic rings. The number of fused-ring (bicyclic) bond motifs is 1. The van der Waals surface area contributed by atoms with E-state index in [0.29, 0.717) is 5.82 Å². The molecule has 2 heteroatoms. The van der Waals surface area contributed by atoms with Crippen LogP contribution in [0.5, 0.6) is 0 Å². The van der Waals surface area contributed by atoms with Gasteiger partial charge in [-0.1, -0.05) is 18.2 Å². The molecule has 1 heterocycles. The first-order valence-corrected chi connectivity index (χ1v) is 3.83. The molecule has 0 aliphatic carbocycles. The molecule has 59 valence electrons. The van der Waals surface area contributed by atoms with Crippen LogP contribution in [0, 0.1) is 13.8 Å². The van der Waals surface area contributed by atoms with Crippen molar-refractivity contribution in [3.63, 3.8) is 0 Å². The van der Waals surface area contributed by atoms with Crippen LogP contribution in [0.25, 0.3) is 10.9 Å². The van der Waals surface area contributed by atoms with E-state index in [1.54, 1.807) is 0 Å². The monoisotopic (exact) mass is 157 g/mol. The van der Waals surface area contributed by atoms with Crippen LogP contribution < -0.4 is 0 Å². The number of rotatable bonds is 0. The summed E-state index contributed by atoms with van der Waals surface area (Å²) in [5.74, 6) is 0.589. The van der Waals surface area contributed by atoms with E-state index in [1.807, 2.05) is 31.2 Å². The van der Waals surface area contributed by atoms with Crippen molar-refractivity contribution in [1.82, 2.24) is 9.97 Å². The topological polar surface area (TPSA) is 25.8 Å². The molecule has 0 fully saturated rings. The van der Waals surface area contributed by atoms with Crippen LogP contribution in [-0.4, -0.2) is 9.97 Å². The van der Waals surface area contributed by atoms with E-state index in [0.717, 1.165) is 16.6 Å². The average molecular weight is 157 g/mol. The quantitative estimate of drug-likeness (QED) is 0.585. The lowest BCUT2D eigenvalue weighted by molar-refractivity contribution is 1.10. The maximum atomic E-state index is 4.21. The van der Waals surface area contributed by atoms with E-state index < -0.39 is 0 Å². The molecule has 2 rings (SSSR count). The number of benzene rings is 1. The maximum absolute atomic E-state index is 4.21. The van der Waals surface area contributed by atoms with Gasteiger partial charge in [-0.3, -0.25) is 0 Å². The highest BCUT2D eigenvalue weighted by molar-refractivity contribution is 5.80. The van der Waals surface area contributed by atoms with Gasteiger partial charge in [-0.2, -0.15) is 0 Å². The Labute approximate surface area is 71.3 Å². The first kappa shape index (κ1) is 7.22. The second-order valence-electron chi connectivity index (χ2n) is 2.74. The van der Waals surface area contributed by atoms with Crippen molar-refractivity contribution in [2.45, 2.75) is 6.92 Å². The third-order valence-corrected chi connectivity index (χ3v) is 1.84. The summed E-state index contributed by atoms with van der Waals surface area (Å²) < 4.78 is 0. The Morgan fingerprint density at radius 2 is 1.92 bits per heavy atom. The summed E-state index contributed by atoms with van der Waals surface area (Å²) in [7, 11) is 0. The number of aromatic nitrogens is 2. The van der Waals surface area contributed by atoms with Gasteiger partial charge in [0.2, 0.25) is 0 Å². The normalized spacial score (nSPS) is 10.5. The summed E-state index contributed by atoms with van der Waals surface area (Å²) in [5, 5.41) is 1.10. The molecule has 0 aliphatic heterocycles. The fraction of sp³-hybridized carbons (Fsp3) is 0.100. The second-order valence-corrected chi connectivity index (χ2v) is 2.74. The number of aryl methyl sites for hydroxylation is 1. The minimum atomic E-state index is 0.589. The molecule has 0 spiro atoms. The Kier molecular flexibility index (Phi) is 1.54. The van der Waals surface area contributed by atoms with E-state index >= 15 is 0 Å². The number of para-hydroxylation sites is 1. The minimum absolute atomic E-state index is 0.589. The number of nitrogens with zero attached hydrogens (tertiary/aromatic N) is 2. The SMILES string of the molecule is [CH2]c1nc(C)c2ccccc2n1. The first-order chi connectivity index (χ1) is 5.77. The van der Waals surface area contributed by atoms with Crippen molar-refractivity contribution in [3.8, 4) is 0 Å². The van der Waals surface area contributed by atoms with Crippen molar-refractivity contribution in [1.29, 1.82) is 0 Å². The summed E-state index contributed by atoms with van der Waals surface area (Å²) >= 11 is 0. The largest absolute Gasteiger partial charge is 0.238 e. The Morgan fingerprint density at radius 3 is 2.75 bits per heavy atom. The summed E-state index contributed by atoms with van der Waals surface area (Å²) in [6.07, 6.45) is 0. The van der Waals surface area contributed by atoms with Gasteiger partial charge in [0.1, 0.15) is 5.82 Å². The molecule has 1 aromatic heterocycles. The predicted octanol–water partition coefficient (Wildman–Crippen LogP) is 2.12. The highest BCUT2D eigenvalue weighted by Crippen LogP contribution is 2.13. The van der Waals surface area contributed by atoms with Gasteiger partial charge in [0.25, 0.3) is 0 Å². The zero-order valence-electron chi connectivity index (χ0n) is 6.91. The molecule has 0 N–H and O–H groups in total. The van der Waals surface area contributed by atoms with Crippen LogP contribution in [-0.2, 0) is 0 Å². The molecule has 12 heavy (non-hydrogen) atoms. The Hall–Kier alpha value is -1.44. The summed E-state index contributed by atoms with van der Waals surface area (Å²) in [6.45, 7) is 5.68. The zero-order valence-corrected chi connectivity index (χ0v) is 6.91. The van der Waals surface area contributed by atoms with Gasteiger partial charge in [-0.05, 0) is 13.0 Å². The van der Waals surface area contributed by atoms with Gasteiger partial charge in [0, 0.05) is 18.0 Å². The van der Waals surface area contributed by atoms with Gasteiger partial charge in [0.05, 0.1) is 5.52 Å². The van der Waals surface area contributed by atoms with Crippen molar-refractivity contribution in [2.24, 2.45) is 0 Å². The highest BCUT2D eigenvalue weighted by atomic mass is 14.9. The van der Waals surface area contributed by atoms with Crippen LogP contribution in [0.4, 0.5) is 0 Å². The minimum Gasteiger partial charge on any atom is -0.238 e. The van der Waals surface area contributed by atoms with Gasteiger partial charge in [-0.25, -0.2) is 9.97 Å². The maximum Gasteiger partial charge on any atom is 0.129 e. The predicted molar refractivity (Wildman–Crippen MR) is 48.7 cm³/mol. The van der Waals surface area contributed by atoms with Crippen molar-refractivity contribution in [2.75, 3.05) is 0 Å². The summed E-state index contributed by atoms with van der Waals surface area (Å²) in [4.78, 5) is 8.39. The fourth-order valence-corrected chi connectivity index (χ4v) is 1.29. The summed E-state index contributed by atoms with van der Waals surface area (Å²) in [6, 6.07) is 7.94. The average Bonchev–Trinajstić information content (AvgIpc) is 2.04. The van der Waals surface area contributed by atoms with Crippen molar-refractivity contribution < 1.29 is 0 Å². The molecule has 0 bridgehead atoms. The van der Waals surface area contributed by atoms with Crippen LogP contribution in [0.15, 0.2) is 24.3 Å². The number of hydrogen-bond acceptors (Lipinski definition) is 2. The lowest BCUT2D eigenvalue weighted by Crippen LogP contribution is -1.92. The van der Waals surface area contributed by atoms with E-state index in [-0.39, 0.29) is 0 Å². The molecule has 0 unspecified atom stereocenters. The van der Waals surface area contributed by atoms with Crippen LogP contribution in [0.2, 0.25) is 0 Å². The van der Waals surface area contributed by atoms with E-state index in [4.69, 9.17) is 0 Å². The molecular formula is C10H9N2. The molecule has 0 saturated heterocycles. The van der Waals surface area contributed by atoms with Gasteiger partial charge in [-0.15, -0.1) is 0 Å². The first-order valence-electron chi connectivity index (χ1n) is 3.83. The fourth-order valence-electron chi connectivity index (χ4n) is 1.29. The molecule has 1 radical (unpaired) electrons. The standard InChI is InChI=1S/C10H9N2/c1-7-9-5-3-4-6-10(9)12-8(2)11-7/h3-6H,2H2,1H3. The smallest absolute Gasteiger partial charge is 0.129 e. The van der Waals surface area contributed by atoms with E-state index in [9.17, 15) is 0 Å². The molecular weight excluding hydrogens is 148 g/mol. The number of hydrogen-bond donors (Lipinski definition) is 0. The van der Waals surface area contributed by atoms with Crippen LogP contribution >= 0.6 is 0 Å². The molecule has 1 aromatic carbocycles.